The quantitative estimate of drug-likeness (QED) is 0.247. The first-order valence-corrected chi connectivity index (χ1v) is 12.9. The average molecular weight is 519 g/mol. The van der Waals surface area contributed by atoms with E-state index in [1.54, 1.807) is 0 Å². The molecule has 0 saturated carbocycles. The van der Waals surface area contributed by atoms with E-state index in [1.165, 1.54) is 0 Å². The molecule has 1 amide bonds. The van der Waals surface area contributed by atoms with Crippen molar-refractivity contribution in [2.75, 3.05) is 34.4 Å². The van der Waals surface area contributed by atoms with E-state index < -0.39 is 0 Å². The van der Waals surface area contributed by atoms with E-state index in [1.807, 2.05) is 72.8 Å². The summed E-state index contributed by atoms with van der Waals surface area (Å²) in [4.78, 5) is 24.2. The number of piperidine rings is 1. The second kappa shape index (κ2) is 9.32. The van der Waals surface area contributed by atoms with Gasteiger partial charge in [-0.1, -0.05) is 30.3 Å². The number of ether oxygens (including phenoxy) is 1. The number of aromatic nitrogens is 4. The molecule has 0 bridgehead atoms. The normalized spacial score (nSPS) is 16.1. The van der Waals surface area contributed by atoms with Gasteiger partial charge in [-0.05, 0) is 49.2 Å². The van der Waals surface area contributed by atoms with Crippen molar-refractivity contribution in [3.05, 3.63) is 72.8 Å². The summed E-state index contributed by atoms with van der Waals surface area (Å²) >= 11 is 0. The van der Waals surface area contributed by atoms with Crippen LogP contribution >= 0.6 is 0 Å². The summed E-state index contributed by atoms with van der Waals surface area (Å²) in [5, 5.41) is 14.8. The van der Waals surface area contributed by atoms with E-state index in [4.69, 9.17) is 10.5 Å². The highest BCUT2D eigenvalue weighted by Gasteiger charge is 2.28. The van der Waals surface area contributed by atoms with Gasteiger partial charge in [-0.15, -0.1) is 0 Å². The molecule has 3 aromatic carbocycles. The molecule has 0 aliphatic carbocycles. The highest BCUT2D eigenvalue weighted by Crippen LogP contribution is 2.44. The number of nitrogens with two attached hydrogens (primary N) is 1. The second-order valence-electron chi connectivity index (χ2n) is 9.80. The zero-order valence-electron chi connectivity index (χ0n) is 21.0. The van der Waals surface area contributed by atoms with Gasteiger partial charge in [0, 0.05) is 30.4 Å². The van der Waals surface area contributed by atoms with E-state index in [0.717, 1.165) is 47.2 Å². The number of H-pyrrole nitrogens is 1. The smallest absolute Gasteiger partial charge is 0.229 e. The number of carbonyl (C=O) groups is 1. The van der Waals surface area contributed by atoms with Crippen LogP contribution in [0.3, 0.4) is 0 Å². The highest BCUT2D eigenvalue weighted by atomic mass is 16.5. The number of benzene rings is 3. The fourth-order valence-electron chi connectivity index (χ4n) is 5.27. The molecule has 2 aromatic heterocycles. The Morgan fingerprint density at radius 1 is 1.03 bits per heavy atom. The molecule has 1 unspecified atom stereocenters. The Bertz CT molecular complexity index is 1700. The average Bonchev–Trinajstić information content (AvgIpc) is 3.29. The topological polar surface area (TPSA) is 134 Å². The van der Waals surface area contributed by atoms with Crippen LogP contribution in [0.4, 0.5) is 29.0 Å². The third-order valence-electron chi connectivity index (χ3n) is 7.17. The number of hydrogen-bond acceptors (Lipinski definition) is 8. The summed E-state index contributed by atoms with van der Waals surface area (Å²) in [5.74, 6) is 2.79. The van der Waals surface area contributed by atoms with Crippen LogP contribution in [0.25, 0.3) is 22.2 Å². The molecule has 0 spiro atoms. The van der Waals surface area contributed by atoms with Gasteiger partial charge in [-0.3, -0.25) is 9.89 Å². The van der Waals surface area contributed by atoms with Crippen molar-refractivity contribution in [3.63, 3.8) is 0 Å². The SMILES string of the molecule is Nc1nc(-c2cc3c4c(n[nH]c4c2)Nc2ccccc2O3)cc(N2CCCC(C(=O)Nc3ccccc3)C2)n1. The molecule has 10 heteroatoms. The van der Waals surface area contributed by atoms with Gasteiger partial charge in [0.15, 0.2) is 11.6 Å². The van der Waals surface area contributed by atoms with Gasteiger partial charge in [0.2, 0.25) is 11.9 Å². The Balaban J connectivity index is 1.19. The molecular weight excluding hydrogens is 492 g/mol. The Morgan fingerprint density at radius 2 is 1.87 bits per heavy atom. The predicted octanol–water partition coefficient (Wildman–Crippen LogP) is 5.31. The lowest BCUT2D eigenvalue weighted by Crippen LogP contribution is -2.41. The van der Waals surface area contributed by atoms with Crippen molar-refractivity contribution in [2.24, 2.45) is 5.92 Å². The number of hydrogen-bond donors (Lipinski definition) is 4. The number of para-hydroxylation sites is 3. The van der Waals surface area contributed by atoms with Crippen molar-refractivity contribution >= 4 is 45.8 Å². The fourth-order valence-corrected chi connectivity index (χ4v) is 5.27. The van der Waals surface area contributed by atoms with E-state index in [2.05, 4.69) is 35.7 Å². The van der Waals surface area contributed by atoms with Crippen molar-refractivity contribution < 1.29 is 9.53 Å². The van der Waals surface area contributed by atoms with Gasteiger partial charge < -0.3 is 26.0 Å². The number of amides is 1. The summed E-state index contributed by atoms with van der Waals surface area (Å²) in [6.07, 6.45) is 1.69. The maximum atomic E-state index is 13.0. The molecule has 7 rings (SSSR count). The van der Waals surface area contributed by atoms with Gasteiger partial charge >= 0.3 is 0 Å². The first-order chi connectivity index (χ1) is 19.1. The van der Waals surface area contributed by atoms with Crippen LogP contribution in [0.5, 0.6) is 11.5 Å². The summed E-state index contributed by atoms with van der Waals surface area (Å²) in [6.45, 7) is 1.33. The van der Waals surface area contributed by atoms with Crippen LogP contribution in [-0.2, 0) is 4.79 Å². The number of nitrogens with one attached hydrogen (secondary N) is 3. The lowest BCUT2D eigenvalue weighted by Gasteiger charge is -2.33. The van der Waals surface area contributed by atoms with Crippen LogP contribution in [0.1, 0.15) is 12.8 Å². The van der Waals surface area contributed by atoms with E-state index in [9.17, 15) is 4.79 Å². The zero-order valence-corrected chi connectivity index (χ0v) is 21.0. The molecule has 0 radical (unpaired) electrons. The maximum Gasteiger partial charge on any atom is 0.229 e. The van der Waals surface area contributed by atoms with E-state index in [0.29, 0.717) is 35.4 Å². The predicted molar refractivity (Wildman–Crippen MR) is 151 cm³/mol. The van der Waals surface area contributed by atoms with Gasteiger partial charge in [0.1, 0.15) is 11.6 Å². The zero-order chi connectivity index (χ0) is 26.3. The third kappa shape index (κ3) is 4.35. The molecule has 5 N–H and O–H groups in total. The van der Waals surface area contributed by atoms with E-state index in [-0.39, 0.29) is 17.8 Å². The molecule has 1 fully saturated rings. The first-order valence-electron chi connectivity index (χ1n) is 12.9. The molecule has 2 aliphatic rings. The fraction of sp³-hybridized carbons (Fsp3) is 0.172. The summed E-state index contributed by atoms with van der Waals surface area (Å²) in [7, 11) is 0. The van der Waals surface area contributed by atoms with Crippen LogP contribution in [0, 0.1) is 5.92 Å². The lowest BCUT2D eigenvalue weighted by molar-refractivity contribution is -0.120. The third-order valence-corrected chi connectivity index (χ3v) is 7.17. The molecule has 10 nitrogen and oxygen atoms in total. The van der Waals surface area contributed by atoms with Crippen LogP contribution in [0.15, 0.2) is 72.8 Å². The van der Waals surface area contributed by atoms with Gasteiger partial charge in [0.25, 0.3) is 0 Å². The minimum Gasteiger partial charge on any atom is -0.454 e. The van der Waals surface area contributed by atoms with Gasteiger partial charge in [-0.25, -0.2) is 4.98 Å². The Hall–Kier alpha value is -5.12. The first kappa shape index (κ1) is 23.0. The number of fused-ring (bicyclic) bond motifs is 1. The lowest BCUT2D eigenvalue weighted by atomic mass is 9.97. The summed E-state index contributed by atoms with van der Waals surface area (Å²) in [5.41, 5.74) is 10.1. The number of aromatic amines is 1. The monoisotopic (exact) mass is 518 g/mol. The molecule has 194 valence electrons. The largest absolute Gasteiger partial charge is 0.454 e. The Morgan fingerprint density at radius 3 is 2.77 bits per heavy atom. The molecule has 5 aromatic rings. The molecule has 1 atom stereocenters. The van der Waals surface area contributed by atoms with Gasteiger partial charge in [-0.2, -0.15) is 10.1 Å². The highest BCUT2D eigenvalue weighted by molar-refractivity contribution is 6.00. The van der Waals surface area contributed by atoms with Crippen molar-refractivity contribution in [2.45, 2.75) is 12.8 Å². The van der Waals surface area contributed by atoms with Crippen molar-refractivity contribution in [1.82, 2.24) is 20.2 Å². The van der Waals surface area contributed by atoms with Crippen LogP contribution in [0.2, 0.25) is 0 Å². The Kier molecular flexibility index (Phi) is 5.50. The standard InChI is InChI=1S/C29H26N8O2/c30-29-33-21(15-25(34-29)37-12-6-7-17(16-37)28(38)31-19-8-2-1-3-9-19)18-13-22-26-24(14-18)39-23-11-5-4-10-20(23)32-27(26)36-35-22/h1-5,8-11,13-15,17H,6-7,12,16H2,(H,31,38)(H2,30,33,34)(H2,32,35,36). The summed E-state index contributed by atoms with van der Waals surface area (Å²) < 4.78 is 6.31. The Labute approximate surface area is 224 Å². The minimum atomic E-state index is -0.160. The van der Waals surface area contributed by atoms with Crippen molar-refractivity contribution in [3.8, 4) is 22.8 Å². The maximum absolute atomic E-state index is 13.0. The van der Waals surface area contributed by atoms with Crippen LogP contribution in [-0.4, -0.2) is 39.2 Å². The molecular formula is C29H26N8O2. The van der Waals surface area contributed by atoms with Crippen molar-refractivity contribution in [1.29, 1.82) is 0 Å². The molecule has 1 saturated heterocycles. The van der Waals surface area contributed by atoms with E-state index >= 15 is 0 Å². The number of nitrogens with zero attached hydrogens (tertiary/aromatic N) is 4. The second-order valence-corrected chi connectivity index (χ2v) is 9.80. The van der Waals surface area contributed by atoms with Crippen LogP contribution < -0.4 is 26.0 Å². The van der Waals surface area contributed by atoms with Gasteiger partial charge in [0.05, 0.1) is 28.2 Å². The molecule has 39 heavy (non-hydrogen) atoms. The molecule has 4 heterocycles. The molecule has 2 aliphatic heterocycles. The number of nitrogen functional groups attached to an aromatic ring is 1. The number of rotatable bonds is 4. The minimum absolute atomic E-state index is 0.00913. The number of anilines is 5. The summed E-state index contributed by atoms with van der Waals surface area (Å²) in [6, 6.07) is 23.1. The number of carbonyl (C=O) groups excluding carboxylic acids is 1.